The van der Waals surface area contributed by atoms with E-state index in [1.54, 1.807) is 18.2 Å². The number of para-hydroxylation sites is 1. The Bertz CT molecular complexity index is 1570. The van der Waals surface area contributed by atoms with Crippen molar-refractivity contribution < 1.29 is 14.6 Å². The lowest BCUT2D eigenvalue weighted by atomic mass is 10.1. The fraction of sp³-hybridized carbons (Fsp3) is 0.103. The molecule has 6 nitrogen and oxygen atoms in total. The maximum absolute atomic E-state index is 12.5. The van der Waals surface area contributed by atoms with E-state index < -0.39 is 0 Å². The van der Waals surface area contributed by atoms with Crippen LogP contribution in [0.1, 0.15) is 16.8 Å². The summed E-state index contributed by atoms with van der Waals surface area (Å²) in [4.78, 5) is 20.9. The largest absolute Gasteiger partial charge is 0.504 e. The molecule has 6 heteroatoms. The van der Waals surface area contributed by atoms with Gasteiger partial charge in [-0.3, -0.25) is 4.79 Å². The lowest BCUT2D eigenvalue weighted by molar-refractivity contribution is -0.116. The van der Waals surface area contributed by atoms with Crippen LogP contribution in [-0.2, 0) is 11.3 Å². The van der Waals surface area contributed by atoms with Crippen LogP contribution in [0.5, 0.6) is 11.5 Å². The summed E-state index contributed by atoms with van der Waals surface area (Å²) in [5.41, 5.74) is 6.59. The number of phenolic OH excluding ortho intramolecular Hbond substituents is 1. The number of methoxy groups -OCH3 is 1. The summed E-state index contributed by atoms with van der Waals surface area (Å²) >= 11 is 0. The van der Waals surface area contributed by atoms with Gasteiger partial charge in [-0.1, -0.05) is 54.1 Å². The predicted molar refractivity (Wildman–Crippen MR) is 139 cm³/mol. The van der Waals surface area contributed by atoms with Gasteiger partial charge in [0, 0.05) is 27.9 Å². The molecule has 0 aliphatic carbocycles. The summed E-state index contributed by atoms with van der Waals surface area (Å²) in [6.07, 6.45) is 3.13. The number of H-pyrrole nitrogens is 1. The second kappa shape index (κ2) is 9.35. The summed E-state index contributed by atoms with van der Waals surface area (Å²) in [5.74, 6) is 0.166. The summed E-state index contributed by atoms with van der Waals surface area (Å²) in [5, 5.41) is 14.8. The van der Waals surface area contributed by atoms with Gasteiger partial charge in [-0.05, 0) is 42.8 Å². The van der Waals surface area contributed by atoms with Crippen molar-refractivity contribution in [1.29, 1.82) is 0 Å². The number of pyridine rings is 1. The molecule has 3 aromatic carbocycles. The number of aromatic hydroxyl groups is 1. The Morgan fingerprint density at radius 2 is 1.86 bits per heavy atom. The van der Waals surface area contributed by atoms with E-state index in [4.69, 9.17) is 9.72 Å². The average molecular weight is 464 g/mol. The number of hydrogen-bond donors (Lipinski definition) is 3. The number of carbonyl (C=O) groups excluding carboxylic acids is 1. The molecule has 5 rings (SSSR count). The number of phenols is 1. The van der Waals surface area contributed by atoms with Gasteiger partial charge in [-0.2, -0.15) is 0 Å². The molecule has 3 N–H and O–H groups in total. The fourth-order valence-corrected chi connectivity index (χ4v) is 4.12. The highest BCUT2D eigenvalue weighted by atomic mass is 16.5. The number of carbonyl (C=O) groups is 1. The number of hydrogen-bond acceptors (Lipinski definition) is 4. The number of rotatable bonds is 6. The van der Waals surface area contributed by atoms with Gasteiger partial charge in [-0.15, -0.1) is 0 Å². The first-order valence-corrected chi connectivity index (χ1v) is 11.3. The van der Waals surface area contributed by atoms with Crippen molar-refractivity contribution >= 4 is 33.8 Å². The third-order valence-corrected chi connectivity index (χ3v) is 5.95. The summed E-state index contributed by atoms with van der Waals surface area (Å²) in [6.45, 7) is 2.35. The minimum atomic E-state index is -0.241. The standard InChI is InChI=1S/C29H25N3O3/c1-18-7-11-20(12-8-18)28-29-23(22-5-3-4-6-24(22)32-29)16-21(31-28)17-30-27(34)14-10-19-9-13-25(33)26(15-19)35-2/h3-16,32-33H,17H2,1-2H3,(H,30,34)/b14-10+. The van der Waals surface area contributed by atoms with Crippen LogP contribution in [0.15, 0.2) is 78.9 Å². The van der Waals surface area contributed by atoms with Crippen molar-refractivity contribution in [2.24, 2.45) is 0 Å². The summed E-state index contributed by atoms with van der Waals surface area (Å²) in [7, 11) is 1.48. The molecule has 5 aromatic rings. The number of aryl methyl sites for hydroxylation is 1. The van der Waals surface area contributed by atoms with Crippen molar-refractivity contribution in [3.8, 4) is 22.8 Å². The number of aromatic amines is 1. The number of fused-ring (bicyclic) bond motifs is 3. The highest BCUT2D eigenvalue weighted by molar-refractivity contribution is 6.11. The van der Waals surface area contributed by atoms with Crippen LogP contribution in [0.4, 0.5) is 0 Å². The first-order chi connectivity index (χ1) is 17.0. The van der Waals surface area contributed by atoms with Crippen LogP contribution < -0.4 is 10.1 Å². The van der Waals surface area contributed by atoms with Gasteiger partial charge in [0.15, 0.2) is 11.5 Å². The predicted octanol–water partition coefficient (Wildman–Crippen LogP) is 5.74. The lowest BCUT2D eigenvalue weighted by Crippen LogP contribution is -2.21. The van der Waals surface area contributed by atoms with Crippen molar-refractivity contribution in [3.05, 3.63) is 95.7 Å². The fourth-order valence-electron chi connectivity index (χ4n) is 4.12. The number of ether oxygens (including phenoxy) is 1. The van der Waals surface area contributed by atoms with Crippen molar-refractivity contribution in [2.45, 2.75) is 13.5 Å². The Hall–Kier alpha value is -4.58. The zero-order chi connectivity index (χ0) is 24.4. The molecule has 2 aromatic heterocycles. The van der Waals surface area contributed by atoms with Crippen LogP contribution in [0.25, 0.3) is 39.1 Å². The normalized spacial score (nSPS) is 11.4. The third kappa shape index (κ3) is 4.59. The summed E-state index contributed by atoms with van der Waals surface area (Å²) < 4.78 is 5.12. The summed E-state index contributed by atoms with van der Waals surface area (Å²) in [6, 6.07) is 23.4. The third-order valence-electron chi connectivity index (χ3n) is 5.95. The highest BCUT2D eigenvalue weighted by Gasteiger charge is 2.14. The van der Waals surface area contributed by atoms with Crippen LogP contribution >= 0.6 is 0 Å². The van der Waals surface area contributed by atoms with Crippen molar-refractivity contribution in [2.75, 3.05) is 7.11 Å². The first-order valence-electron chi connectivity index (χ1n) is 11.3. The van der Waals surface area contributed by atoms with Gasteiger partial charge in [0.1, 0.15) is 0 Å². The van der Waals surface area contributed by atoms with E-state index in [0.29, 0.717) is 5.75 Å². The first kappa shape index (κ1) is 22.2. The molecule has 0 saturated heterocycles. The molecule has 0 aliphatic heterocycles. The van der Waals surface area contributed by atoms with E-state index in [-0.39, 0.29) is 18.2 Å². The van der Waals surface area contributed by atoms with E-state index in [1.807, 2.05) is 18.2 Å². The van der Waals surface area contributed by atoms with E-state index in [2.05, 4.69) is 53.6 Å². The van der Waals surface area contributed by atoms with Gasteiger partial charge in [-0.25, -0.2) is 4.98 Å². The Morgan fingerprint density at radius 1 is 1.06 bits per heavy atom. The monoisotopic (exact) mass is 463 g/mol. The smallest absolute Gasteiger partial charge is 0.244 e. The van der Waals surface area contributed by atoms with E-state index >= 15 is 0 Å². The zero-order valence-electron chi connectivity index (χ0n) is 19.5. The quantitative estimate of drug-likeness (QED) is 0.281. The molecule has 0 aliphatic rings. The lowest BCUT2D eigenvalue weighted by Gasteiger charge is -2.09. The minimum absolute atomic E-state index is 0.0530. The second-order valence-corrected chi connectivity index (χ2v) is 8.40. The topological polar surface area (TPSA) is 87.2 Å². The number of amides is 1. The Labute approximate surface area is 202 Å². The second-order valence-electron chi connectivity index (χ2n) is 8.40. The van der Waals surface area contributed by atoms with Crippen LogP contribution in [0.2, 0.25) is 0 Å². The van der Waals surface area contributed by atoms with E-state index in [9.17, 15) is 9.90 Å². The Morgan fingerprint density at radius 3 is 2.66 bits per heavy atom. The molecule has 2 heterocycles. The average Bonchev–Trinajstić information content (AvgIpc) is 3.25. The molecule has 174 valence electrons. The molecule has 0 unspecified atom stereocenters. The van der Waals surface area contributed by atoms with Crippen LogP contribution in [-0.4, -0.2) is 28.1 Å². The molecule has 0 fully saturated rings. The molecule has 0 bridgehead atoms. The van der Waals surface area contributed by atoms with Gasteiger partial charge in [0.25, 0.3) is 0 Å². The number of benzene rings is 3. The van der Waals surface area contributed by atoms with Crippen molar-refractivity contribution in [3.63, 3.8) is 0 Å². The number of aromatic nitrogens is 2. The van der Waals surface area contributed by atoms with E-state index in [1.165, 1.54) is 24.8 Å². The molecule has 0 radical (unpaired) electrons. The molecular weight excluding hydrogens is 438 g/mol. The van der Waals surface area contributed by atoms with Crippen LogP contribution in [0, 0.1) is 6.92 Å². The highest BCUT2D eigenvalue weighted by Crippen LogP contribution is 2.33. The number of nitrogens with one attached hydrogen (secondary N) is 2. The van der Waals surface area contributed by atoms with Gasteiger partial charge >= 0.3 is 0 Å². The van der Waals surface area contributed by atoms with E-state index in [0.717, 1.165) is 44.3 Å². The van der Waals surface area contributed by atoms with Gasteiger partial charge < -0.3 is 20.1 Å². The molecule has 0 saturated carbocycles. The van der Waals surface area contributed by atoms with Gasteiger partial charge in [0.2, 0.25) is 5.91 Å². The molecule has 0 spiro atoms. The molecule has 0 atom stereocenters. The van der Waals surface area contributed by atoms with Gasteiger partial charge in [0.05, 0.1) is 30.6 Å². The Kier molecular flexibility index (Phi) is 5.94. The minimum Gasteiger partial charge on any atom is -0.504 e. The Balaban J connectivity index is 1.43. The molecule has 1 amide bonds. The zero-order valence-corrected chi connectivity index (χ0v) is 19.5. The maximum Gasteiger partial charge on any atom is 0.244 e. The molecule has 35 heavy (non-hydrogen) atoms. The number of nitrogens with zero attached hydrogens (tertiary/aromatic N) is 1. The van der Waals surface area contributed by atoms with Crippen molar-refractivity contribution in [1.82, 2.24) is 15.3 Å². The van der Waals surface area contributed by atoms with Crippen LogP contribution in [0.3, 0.4) is 0 Å². The molecular formula is C29H25N3O3. The maximum atomic E-state index is 12.5. The SMILES string of the molecule is COc1cc(/C=C/C(=O)NCc2cc3c([nH]c4ccccc43)c(-c3ccc(C)cc3)n2)ccc1O.